The Morgan fingerprint density at radius 2 is 1.92 bits per heavy atom. The zero-order chi connectivity index (χ0) is 17.3. The third kappa shape index (κ3) is 10.9. The number of amides is 1. The maximum atomic E-state index is 11.5. The number of carbonyl (C=O) groups excluding carboxylic acids is 1. The molecule has 24 heavy (non-hydrogen) atoms. The van der Waals surface area contributed by atoms with Crippen LogP contribution in [0, 0.1) is 5.92 Å². The molecule has 1 atom stereocenters. The molecular formula is C16H34IN5O2. The molecule has 1 rings (SSSR count). The zero-order valence-electron chi connectivity index (χ0n) is 15.6. The molecule has 1 unspecified atom stereocenters. The van der Waals surface area contributed by atoms with Crippen LogP contribution in [0.2, 0.25) is 0 Å². The molecule has 142 valence electrons. The molecule has 8 heteroatoms. The van der Waals surface area contributed by atoms with Crippen LogP contribution in [0.25, 0.3) is 0 Å². The van der Waals surface area contributed by atoms with Crippen molar-refractivity contribution in [2.24, 2.45) is 10.9 Å². The van der Waals surface area contributed by atoms with Crippen molar-refractivity contribution in [1.29, 1.82) is 0 Å². The van der Waals surface area contributed by atoms with Gasteiger partial charge in [0.25, 0.3) is 0 Å². The molecule has 0 aromatic carbocycles. The van der Waals surface area contributed by atoms with Crippen LogP contribution in [-0.4, -0.2) is 69.4 Å². The average molecular weight is 455 g/mol. The second-order valence-electron chi connectivity index (χ2n) is 7.08. The van der Waals surface area contributed by atoms with Crippen LogP contribution in [0.3, 0.4) is 0 Å². The summed E-state index contributed by atoms with van der Waals surface area (Å²) in [6.07, 6.45) is 1.68. The molecule has 0 aromatic rings. The van der Waals surface area contributed by atoms with Crippen LogP contribution in [0.1, 0.15) is 33.6 Å². The average Bonchev–Trinajstić information content (AvgIpc) is 2.85. The Hall–Kier alpha value is -0.770. The molecule has 0 aliphatic carbocycles. The van der Waals surface area contributed by atoms with Gasteiger partial charge in [-0.2, -0.15) is 0 Å². The SMILES string of the molecule is CN=C(NCCCNC(=O)OC(C)(C)C)NCC1CCN(C)C1.I. The topological polar surface area (TPSA) is 78.0 Å². The second kappa shape index (κ2) is 11.7. The highest BCUT2D eigenvalue weighted by molar-refractivity contribution is 14.0. The van der Waals surface area contributed by atoms with Crippen molar-refractivity contribution in [3.8, 4) is 0 Å². The van der Waals surface area contributed by atoms with Gasteiger partial charge < -0.3 is 25.6 Å². The van der Waals surface area contributed by atoms with E-state index >= 15 is 0 Å². The lowest BCUT2D eigenvalue weighted by atomic mass is 10.1. The third-order valence-electron chi connectivity index (χ3n) is 3.58. The number of halogens is 1. The summed E-state index contributed by atoms with van der Waals surface area (Å²) in [5.74, 6) is 1.50. The standard InChI is InChI=1S/C16H33N5O2.HI/c1-16(2,3)23-15(22)19-9-6-8-18-14(17-4)20-11-13-7-10-21(5)12-13;/h13H,6-12H2,1-5H3,(H,19,22)(H2,17,18,20);1H. The minimum absolute atomic E-state index is 0. The Morgan fingerprint density at radius 1 is 1.25 bits per heavy atom. The quantitative estimate of drug-likeness (QED) is 0.246. The largest absolute Gasteiger partial charge is 0.444 e. The van der Waals surface area contributed by atoms with Gasteiger partial charge in [0.1, 0.15) is 5.60 Å². The van der Waals surface area contributed by atoms with Crippen molar-refractivity contribution < 1.29 is 9.53 Å². The van der Waals surface area contributed by atoms with E-state index in [-0.39, 0.29) is 30.1 Å². The number of rotatable bonds is 6. The lowest BCUT2D eigenvalue weighted by Crippen LogP contribution is -2.41. The van der Waals surface area contributed by atoms with Gasteiger partial charge in [0.2, 0.25) is 0 Å². The highest BCUT2D eigenvalue weighted by Crippen LogP contribution is 2.12. The molecule has 0 saturated carbocycles. The van der Waals surface area contributed by atoms with Gasteiger partial charge in [-0.05, 0) is 53.1 Å². The predicted molar refractivity (Wildman–Crippen MR) is 109 cm³/mol. The number of alkyl carbamates (subject to hydrolysis) is 1. The zero-order valence-corrected chi connectivity index (χ0v) is 18.0. The van der Waals surface area contributed by atoms with Gasteiger partial charge in [-0.3, -0.25) is 4.99 Å². The van der Waals surface area contributed by atoms with E-state index in [4.69, 9.17) is 4.74 Å². The van der Waals surface area contributed by atoms with Gasteiger partial charge in [0.15, 0.2) is 5.96 Å². The smallest absolute Gasteiger partial charge is 0.407 e. The summed E-state index contributed by atoms with van der Waals surface area (Å²) in [6, 6.07) is 0. The van der Waals surface area contributed by atoms with Gasteiger partial charge in [-0.1, -0.05) is 0 Å². The molecule has 1 aliphatic rings. The van der Waals surface area contributed by atoms with Gasteiger partial charge in [0.05, 0.1) is 0 Å². The first-order valence-corrected chi connectivity index (χ1v) is 8.40. The van der Waals surface area contributed by atoms with Crippen LogP contribution >= 0.6 is 24.0 Å². The molecule has 3 N–H and O–H groups in total. The number of guanidine groups is 1. The summed E-state index contributed by atoms with van der Waals surface area (Å²) < 4.78 is 5.18. The summed E-state index contributed by atoms with van der Waals surface area (Å²) in [6.45, 7) is 10.1. The van der Waals surface area contributed by atoms with Gasteiger partial charge >= 0.3 is 6.09 Å². The highest BCUT2D eigenvalue weighted by Gasteiger charge is 2.19. The lowest BCUT2D eigenvalue weighted by molar-refractivity contribution is 0.0527. The van der Waals surface area contributed by atoms with Crippen molar-refractivity contribution in [3.63, 3.8) is 0 Å². The van der Waals surface area contributed by atoms with Crippen molar-refractivity contribution in [2.45, 2.75) is 39.2 Å². The minimum Gasteiger partial charge on any atom is -0.444 e. The van der Waals surface area contributed by atoms with Crippen LogP contribution in [0.5, 0.6) is 0 Å². The van der Waals surface area contributed by atoms with Crippen molar-refractivity contribution in [3.05, 3.63) is 0 Å². The van der Waals surface area contributed by atoms with E-state index < -0.39 is 5.60 Å². The van der Waals surface area contributed by atoms with Crippen molar-refractivity contribution in [2.75, 3.05) is 46.8 Å². The molecule has 0 radical (unpaired) electrons. The predicted octanol–water partition coefficient (Wildman–Crippen LogP) is 1.64. The summed E-state index contributed by atoms with van der Waals surface area (Å²) >= 11 is 0. The fraction of sp³-hybridized carbons (Fsp3) is 0.875. The van der Waals surface area contributed by atoms with Gasteiger partial charge in [-0.25, -0.2) is 4.79 Å². The first-order valence-electron chi connectivity index (χ1n) is 8.40. The summed E-state index contributed by atoms with van der Waals surface area (Å²) in [5.41, 5.74) is -0.456. The molecule has 1 amide bonds. The number of aliphatic imine (C=N–C) groups is 1. The van der Waals surface area contributed by atoms with E-state index in [0.29, 0.717) is 12.5 Å². The normalized spacial score (nSPS) is 18.7. The number of hydrogen-bond donors (Lipinski definition) is 3. The van der Waals surface area contributed by atoms with E-state index in [2.05, 4.69) is 32.9 Å². The molecule has 0 bridgehead atoms. The third-order valence-corrected chi connectivity index (χ3v) is 3.58. The number of nitrogens with one attached hydrogen (secondary N) is 3. The van der Waals surface area contributed by atoms with E-state index in [1.807, 2.05) is 20.8 Å². The van der Waals surface area contributed by atoms with E-state index in [1.165, 1.54) is 13.0 Å². The number of ether oxygens (including phenoxy) is 1. The molecule has 1 heterocycles. The molecule has 0 spiro atoms. The number of nitrogens with zero attached hydrogens (tertiary/aromatic N) is 2. The first-order chi connectivity index (χ1) is 10.8. The Morgan fingerprint density at radius 3 is 2.46 bits per heavy atom. The van der Waals surface area contributed by atoms with E-state index in [0.717, 1.165) is 32.0 Å². The Kier molecular flexibility index (Phi) is 11.4. The van der Waals surface area contributed by atoms with E-state index in [1.54, 1.807) is 7.05 Å². The summed E-state index contributed by atoms with van der Waals surface area (Å²) in [4.78, 5) is 18.1. The summed E-state index contributed by atoms with van der Waals surface area (Å²) in [5, 5.41) is 9.37. The number of likely N-dealkylation sites (tertiary alicyclic amines) is 1. The van der Waals surface area contributed by atoms with Crippen LogP contribution in [0.4, 0.5) is 4.79 Å². The van der Waals surface area contributed by atoms with Gasteiger partial charge in [0, 0.05) is 33.2 Å². The summed E-state index contributed by atoms with van der Waals surface area (Å²) in [7, 11) is 3.93. The maximum absolute atomic E-state index is 11.5. The second-order valence-corrected chi connectivity index (χ2v) is 7.08. The van der Waals surface area contributed by atoms with E-state index in [9.17, 15) is 4.79 Å². The monoisotopic (exact) mass is 455 g/mol. The minimum atomic E-state index is -0.456. The lowest BCUT2D eigenvalue weighted by Gasteiger charge is -2.19. The van der Waals surface area contributed by atoms with Gasteiger partial charge in [-0.15, -0.1) is 24.0 Å². The number of carbonyl (C=O) groups is 1. The Labute approximate surface area is 163 Å². The van der Waals surface area contributed by atoms with Crippen molar-refractivity contribution >= 4 is 36.0 Å². The van der Waals surface area contributed by atoms with Crippen molar-refractivity contribution in [1.82, 2.24) is 20.9 Å². The highest BCUT2D eigenvalue weighted by atomic mass is 127. The molecule has 1 saturated heterocycles. The first kappa shape index (κ1) is 23.2. The molecule has 0 aromatic heterocycles. The van der Waals surface area contributed by atoms with Crippen LogP contribution in [0.15, 0.2) is 4.99 Å². The fourth-order valence-corrected chi connectivity index (χ4v) is 2.45. The fourth-order valence-electron chi connectivity index (χ4n) is 2.45. The molecule has 1 aliphatic heterocycles. The Bertz CT molecular complexity index is 398. The van der Waals surface area contributed by atoms with Crippen LogP contribution in [-0.2, 0) is 4.74 Å². The maximum Gasteiger partial charge on any atom is 0.407 e. The molecule has 7 nitrogen and oxygen atoms in total. The molecular weight excluding hydrogens is 421 g/mol. The van der Waals surface area contributed by atoms with Crippen LogP contribution < -0.4 is 16.0 Å². The number of hydrogen-bond acceptors (Lipinski definition) is 4. The molecule has 1 fully saturated rings. The Balaban J connectivity index is 0.00000529.